The van der Waals surface area contributed by atoms with Gasteiger partial charge < -0.3 is 5.73 Å². The minimum absolute atomic E-state index is 0. The molecule has 0 bridgehead atoms. The maximum absolute atomic E-state index is 5.79. The van der Waals surface area contributed by atoms with E-state index in [-0.39, 0.29) is 12.4 Å². The van der Waals surface area contributed by atoms with Gasteiger partial charge in [-0.25, -0.2) is 0 Å². The van der Waals surface area contributed by atoms with Gasteiger partial charge in [-0.05, 0) is 43.6 Å². The van der Waals surface area contributed by atoms with Crippen molar-refractivity contribution < 1.29 is 0 Å². The largest absolute Gasteiger partial charge is 0.328 e. The maximum atomic E-state index is 5.79. The highest BCUT2D eigenvalue weighted by Gasteiger charge is 2.17. The Hall–Kier alpha value is 0.600. The second kappa shape index (κ2) is 6.15. The lowest BCUT2D eigenvalue weighted by Crippen LogP contribution is -2.27. The Balaban J connectivity index is 0.000001000. The molecule has 0 unspecified atom stereocenters. The monoisotopic (exact) mass is 195 g/mol. The van der Waals surface area contributed by atoms with Crippen LogP contribution in [-0.4, -0.2) is 18.1 Å². The van der Waals surface area contributed by atoms with E-state index in [1.807, 2.05) is 11.8 Å². The van der Waals surface area contributed by atoms with E-state index in [2.05, 4.69) is 6.26 Å². The Labute approximate surface area is 79.9 Å². The summed E-state index contributed by atoms with van der Waals surface area (Å²) in [6.07, 6.45) is 7.43. The van der Waals surface area contributed by atoms with Gasteiger partial charge in [0.05, 0.1) is 0 Å². The van der Waals surface area contributed by atoms with Crippen LogP contribution in [0.1, 0.15) is 25.7 Å². The van der Waals surface area contributed by atoms with Crippen LogP contribution in [0.4, 0.5) is 0 Å². The van der Waals surface area contributed by atoms with Gasteiger partial charge in [0, 0.05) is 6.04 Å². The van der Waals surface area contributed by atoms with E-state index in [1.165, 1.54) is 31.4 Å². The molecular weight excluding hydrogens is 178 g/mol. The van der Waals surface area contributed by atoms with Crippen LogP contribution in [0.3, 0.4) is 0 Å². The van der Waals surface area contributed by atoms with Crippen LogP contribution in [0.25, 0.3) is 0 Å². The minimum Gasteiger partial charge on any atom is -0.328 e. The number of halogens is 1. The lowest BCUT2D eigenvalue weighted by Gasteiger charge is -2.25. The molecule has 1 saturated carbocycles. The second-order valence-corrected chi connectivity index (χ2v) is 4.15. The molecule has 0 amide bonds. The summed E-state index contributed by atoms with van der Waals surface area (Å²) >= 11 is 1.97. The zero-order valence-electron chi connectivity index (χ0n) is 7.08. The second-order valence-electron chi connectivity index (χ2n) is 3.24. The summed E-state index contributed by atoms with van der Waals surface area (Å²) in [7, 11) is 0. The Morgan fingerprint density at radius 1 is 1.27 bits per heavy atom. The van der Waals surface area contributed by atoms with Crippen LogP contribution in [0.2, 0.25) is 0 Å². The van der Waals surface area contributed by atoms with Crippen molar-refractivity contribution in [1.29, 1.82) is 0 Å². The quantitative estimate of drug-likeness (QED) is 0.732. The fraction of sp³-hybridized carbons (Fsp3) is 1.00. The van der Waals surface area contributed by atoms with Crippen LogP contribution in [0.15, 0.2) is 0 Å². The number of hydrogen-bond acceptors (Lipinski definition) is 2. The summed E-state index contributed by atoms with van der Waals surface area (Å²) in [6, 6.07) is 0.512. The van der Waals surface area contributed by atoms with Gasteiger partial charge in [-0.15, -0.1) is 12.4 Å². The standard InChI is InChI=1S/C8H17NS.ClH/c1-10-6-7-2-4-8(9)5-3-7;/h7-8H,2-6,9H2,1H3;1H. The molecule has 3 heteroatoms. The first-order chi connectivity index (χ1) is 4.83. The molecule has 0 radical (unpaired) electrons. The zero-order chi connectivity index (χ0) is 7.40. The summed E-state index contributed by atoms with van der Waals surface area (Å²) in [6.45, 7) is 0. The molecule has 0 saturated heterocycles. The molecule has 0 heterocycles. The molecule has 2 N–H and O–H groups in total. The summed E-state index contributed by atoms with van der Waals surface area (Å²) in [5.74, 6) is 2.31. The fourth-order valence-corrected chi connectivity index (χ4v) is 2.40. The molecule has 0 aromatic carbocycles. The Bertz CT molecular complexity index is 92.1. The number of thioether (sulfide) groups is 1. The molecule has 68 valence electrons. The van der Waals surface area contributed by atoms with Gasteiger partial charge in [0.1, 0.15) is 0 Å². The van der Waals surface area contributed by atoms with E-state index in [0.29, 0.717) is 6.04 Å². The van der Waals surface area contributed by atoms with Crippen molar-refractivity contribution in [1.82, 2.24) is 0 Å². The van der Waals surface area contributed by atoms with Crippen molar-refractivity contribution >= 4 is 24.2 Å². The van der Waals surface area contributed by atoms with Crippen molar-refractivity contribution in [2.24, 2.45) is 11.7 Å². The van der Waals surface area contributed by atoms with E-state index in [0.717, 1.165) is 5.92 Å². The van der Waals surface area contributed by atoms with Crippen LogP contribution >= 0.6 is 24.2 Å². The molecule has 0 atom stereocenters. The molecular formula is C8H18ClNS. The van der Waals surface area contributed by atoms with Crippen LogP contribution in [-0.2, 0) is 0 Å². The molecule has 0 aliphatic heterocycles. The van der Waals surface area contributed by atoms with Gasteiger partial charge in [-0.3, -0.25) is 0 Å². The van der Waals surface area contributed by atoms with Crippen molar-refractivity contribution in [2.75, 3.05) is 12.0 Å². The predicted octanol–water partition coefficient (Wildman–Crippen LogP) is 2.29. The molecule has 0 aromatic rings. The third-order valence-electron chi connectivity index (χ3n) is 2.29. The molecule has 1 nitrogen and oxygen atoms in total. The van der Waals surface area contributed by atoms with Gasteiger partial charge in [-0.2, -0.15) is 11.8 Å². The van der Waals surface area contributed by atoms with Crippen molar-refractivity contribution in [3.63, 3.8) is 0 Å². The van der Waals surface area contributed by atoms with Crippen LogP contribution in [0, 0.1) is 5.92 Å². The molecule has 1 aliphatic carbocycles. The first-order valence-corrected chi connectivity index (χ1v) is 5.47. The first-order valence-electron chi connectivity index (χ1n) is 4.07. The molecule has 0 aromatic heterocycles. The smallest absolute Gasteiger partial charge is 0.00390 e. The Kier molecular flexibility index (Phi) is 6.49. The minimum atomic E-state index is 0. The highest BCUT2D eigenvalue weighted by Crippen LogP contribution is 2.25. The average Bonchev–Trinajstić information content (AvgIpc) is 1.95. The van der Waals surface area contributed by atoms with E-state index in [1.54, 1.807) is 0 Å². The van der Waals surface area contributed by atoms with Gasteiger partial charge in [0.25, 0.3) is 0 Å². The summed E-state index contributed by atoms with van der Waals surface area (Å²) < 4.78 is 0. The lowest BCUT2D eigenvalue weighted by atomic mass is 9.88. The number of rotatable bonds is 2. The molecule has 1 fully saturated rings. The van der Waals surface area contributed by atoms with Gasteiger partial charge in [0.15, 0.2) is 0 Å². The molecule has 11 heavy (non-hydrogen) atoms. The lowest BCUT2D eigenvalue weighted by molar-refractivity contribution is 0.352. The van der Waals surface area contributed by atoms with Gasteiger partial charge >= 0.3 is 0 Å². The normalized spacial score (nSPS) is 31.1. The summed E-state index contributed by atoms with van der Waals surface area (Å²) in [4.78, 5) is 0. The molecule has 0 spiro atoms. The number of hydrogen-bond donors (Lipinski definition) is 1. The first kappa shape index (κ1) is 11.6. The van der Waals surface area contributed by atoms with Crippen molar-refractivity contribution in [3.8, 4) is 0 Å². The van der Waals surface area contributed by atoms with Crippen LogP contribution in [0.5, 0.6) is 0 Å². The van der Waals surface area contributed by atoms with E-state index >= 15 is 0 Å². The summed E-state index contributed by atoms with van der Waals surface area (Å²) in [5.41, 5.74) is 5.79. The fourth-order valence-electron chi connectivity index (χ4n) is 1.59. The number of nitrogens with two attached hydrogens (primary N) is 1. The highest BCUT2D eigenvalue weighted by molar-refractivity contribution is 7.98. The molecule has 1 rings (SSSR count). The van der Waals surface area contributed by atoms with Gasteiger partial charge in [-0.1, -0.05) is 0 Å². The van der Waals surface area contributed by atoms with Crippen molar-refractivity contribution in [2.45, 2.75) is 31.7 Å². The Morgan fingerprint density at radius 3 is 2.27 bits per heavy atom. The topological polar surface area (TPSA) is 26.0 Å². The summed E-state index contributed by atoms with van der Waals surface area (Å²) in [5, 5.41) is 0. The third-order valence-corrected chi connectivity index (χ3v) is 3.10. The van der Waals surface area contributed by atoms with E-state index in [9.17, 15) is 0 Å². The Morgan fingerprint density at radius 2 is 1.82 bits per heavy atom. The maximum Gasteiger partial charge on any atom is 0.00390 e. The molecule has 1 aliphatic rings. The zero-order valence-corrected chi connectivity index (χ0v) is 8.72. The van der Waals surface area contributed by atoms with E-state index in [4.69, 9.17) is 5.73 Å². The highest BCUT2D eigenvalue weighted by atomic mass is 35.5. The predicted molar refractivity (Wildman–Crippen MR) is 55.6 cm³/mol. The van der Waals surface area contributed by atoms with E-state index < -0.39 is 0 Å². The average molecular weight is 196 g/mol. The SMILES string of the molecule is CSCC1CCC(N)CC1.Cl. The third kappa shape index (κ3) is 4.24. The van der Waals surface area contributed by atoms with Gasteiger partial charge in [0.2, 0.25) is 0 Å². The van der Waals surface area contributed by atoms with Crippen LogP contribution < -0.4 is 5.73 Å². The van der Waals surface area contributed by atoms with Crippen molar-refractivity contribution in [3.05, 3.63) is 0 Å².